The lowest BCUT2D eigenvalue weighted by molar-refractivity contribution is -0.144. The van der Waals surface area contributed by atoms with Gasteiger partial charge in [0.1, 0.15) is 0 Å². The van der Waals surface area contributed by atoms with Gasteiger partial charge in [-0.1, -0.05) is 60.7 Å². The van der Waals surface area contributed by atoms with Crippen molar-refractivity contribution in [1.29, 1.82) is 0 Å². The fraction of sp³-hybridized carbons (Fsp3) is 0.259. The summed E-state index contributed by atoms with van der Waals surface area (Å²) in [4.78, 5) is 26.7. The first-order valence-electron chi connectivity index (χ1n) is 11.2. The van der Waals surface area contributed by atoms with Gasteiger partial charge >= 0.3 is 11.8 Å². The van der Waals surface area contributed by atoms with Gasteiger partial charge in [-0.2, -0.15) is 0 Å². The van der Waals surface area contributed by atoms with Crippen LogP contribution in [0.5, 0.6) is 0 Å². The van der Waals surface area contributed by atoms with Crippen LogP contribution in [0.2, 0.25) is 0 Å². The van der Waals surface area contributed by atoms with E-state index >= 15 is 0 Å². The number of benzene rings is 3. The van der Waals surface area contributed by atoms with Crippen LogP contribution in [0.1, 0.15) is 24.0 Å². The van der Waals surface area contributed by atoms with E-state index in [1.807, 2.05) is 48.5 Å². The Morgan fingerprint density at radius 3 is 1.94 bits per heavy atom. The summed E-state index contributed by atoms with van der Waals surface area (Å²) >= 11 is 0. The van der Waals surface area contributed by atoms with Crippen molar-refractivity contribution in [2.24, 2.45) is 5.92 Å². The van der Waals surface area contributed by atoms with Gasteiger partial charge in [0.25, 0.3) is 0 Å². The molecule has 164 valence electrons. The van der Waals surface area contributed by atoms with Crippen LogP contribution < -0.4 is 10.6 Å². The van der Waals surface area contributed by atoms with Gasteiger partial charge in [-0.25, -0.2) is 0 Å². The molecule has 2 amide bonds. The third kappa shape index (κ3) is 5.97. The predicted molar refractivity (Wildman–Crippen MR) is 128 cm³/mol. The minimum Gasteiger partial charge on any atom is -0.381 e. The van der Waals surface area contributed by atoms with Crippen LogP contribution in [0.3, 0.4) is 0 Å². The van der Waals surface area contributed by atoms with Crippen LogP contribution in [-0.2, 0) is 22.6 Å². The van der Waals surface area contributed by atoms with Crippen molar-refractivity contribution >= 4 is 23.2 Å². The van der Waals surface area contributed by atoms with E-state index in [0.717, 1.165) is 31.5 Å². The van der Waals surface area contributed by atoms with Crippen LogP contribution >= 0.6 is 0 Å². The molecule has 1 heterocycles. The molecule has 0 aliphatic carbocycles. The third-order valence-corrected chi connectivity index (χ3v) is 5.95. The van der Waals surface area contributed by atoms with Crippen LogP contribution in [0.25, 0.3) is 0 Å². The minimum atomic E-state index is -0.573. The fourth-order valence-corrected chi connectivity index (χ4v) is 4.09. The van der Waals surface area contributed by atoms with E-state index in [2.05, 4.69) is 47.0 Å². The van der Waals surface area contributed by atoms with Crippen molar-refractivity contribution in [2.45, 2.75) is 25.8 Å². The quantitative estimate of drug-likeness (QED) is 0.560. The van der Waals surface area contributed by atoms with Crippen molar-refractivity contribution in [2.75, 3.05) is 23.7 Å². The first-order valence-corrected chi connectivity index (χ1v) is 11.2. The Balaban J connectivity index is 1.22. The molecule has 1 aliphatic heterocycles. The number of piperidine rings is 1. The second kappa shape index (κ2) is 10.6. The molecule has 0 radical (unpaired) electrons. The van der Waals surface area contributed by atoms with Gasteiger partial charge in [-0.05, 0) is 60.6 Å². The standard InChI is InChI=1S/C27H29N3O2/c31-26(27(32)30-17-15-22(16-18-30)19-21-7-3-1-4-8-21)29-25-13-11-24(12-14-25)28-20-23-9-5-2-6-10-23/h1-14,22,28H,15-20H2,(H,29,31). The summed E-state index contributed by atoms with van der Waals surface area (Å²) < 4.78 is 0. The normalized spacial score (nSPS) is 14.1. The Bertz CT molecular complexity index is 1010. The van der Waals surface area contributed by atoms with Gasteiger partial charge in [-0.15, -0.1) is 0 Å². The van der Waals surface area contributed by atoms with E-state index in [-0.39, 0.29) is 0 Å². The summed E-state index contributed by atoms with van der Waals surface area (Å²) in [6, 6.07) is 28.0. The highest BCUT2D eigenvalue weighted by molar-refractivity contribution is 6.39. The second-order valence-corrected chi connectivity index (χ2v) is 8.30. The van der Waals surface area contributed by atoms with Crippen molar-refractivity contribution < 1.29 is 9.59 Å². The smallest absolute Gasteiger partial charge is 0.313 e. The van der Waals surface area contributed by atoms with Gasteiger partial charge in [-0.3, -0.25) is 9.59 Å². The van der Waals surface area contributed by atoms with Crippen molar-refractivity contribution in [1.82, 2.24) is 4.90 Å². The highest BCUT2D eigenvalue weighted by Crippen LogP contribution is 2.22. The molecule has 1 aliphatic rings. The van der Waals surface area contributed by atoms with Gasteiger partial charge in [0.05, 0.1) is 0 Å². The Labute approximate surface area is 189 Å². The molecular formula is C27H29N3O2. The van der Waals surface area contributed by atoms with Gasteiger partial charge in [0.15, 0.2) is 0 Å². The highest BCUT2D eigenvalue weighted by atomic mass is 16.2. The Hall–Kier alpha value is -3.60. The molecule has 1 fully saturated rings. The Morgan fingerprint density at radius 2 is 1.31 bits per heavy atom. The minimum absolute atomic E-state index is 0.450. The maximum Gasteiger partial charge on any atom is 0.313 e. The average molecular weight is 428 g/mol. The van der Waals surface area contributed by atoms with E-state index < -0.39 is 11.8 Å². The summed E-state index contributed by atoms with van der Waals surface area (Å²) in [5, 5.41) is 6.08. The largest absolute Gasteiger partial charge is 0.381 e. The second-order valence-electron chi connectivity index (χ2n) is 8.30. The lowest BCUT2D eigenvalue weighted by Crippen LogP contribution is -2.44. The number of anilines is 2. The molecule has 0 bridgehead atoms. The zero-order valence-electron chi connectivity index (χ0n) is 18.2. The van der Waals surface area contributed by atoms with E-state index in [0.29, 0.717) is 24.7 Å². The monoisotopic (exact) mass is 427 g/mol. The van der Waals surface area contributed by atoms with Crippen LogP contribution in [0, 0.1) is 5.92 Å². The predicted octanol–water partition coefficient (Wildman–Crippen LogP) is 4.72. The number of carbonyl (C=O) groups excluding carboxylic acids is 2. The topological polar surface area (TPSA) is 61.4 Å². The number of rotatable bonds is 6. The Kier molecular flexibility index (Phi) is 7.18. The first kappa shape index (κ1) is 21.6. The molecule has 0 atom stereocenters. The van der Waals surface area contributed by atoms with Gasteiger partial charge < -0.3 is 15.5 Å². The van der Waals surface area contributed by atoms with Gasteiger partial charge in [0.2, 0.25) is 0 Å². The zero-order chi connectivity index (χ0) is 22.2. The number of hydrogen-bond donors (Lipinski definition) is 2. The molecule has 1 saturated heterocycles. The molecule has 0 spiro atoms. The summed E-state index contributed by atoms with van der Waals surface area (Å²) in [5.74, 6) is -0.466. The molecule has 5 heteroatoms. The summed E-state index contributed by atoms with van der Waals surface area (Å²) in [5.41, 5.74) is 4.10. The molecule has 2 N–H and O–H groups in total. The van der Waals surface area contributed by atoms with Gasteiger partial charge in [0, 0.05) is 31.0 Å². The van der Waals surface area contributed by atoms with E-state index in [1.54, 1.807) is 4.90 Å². The maximum absolute atomic E-state index is 12.6. The van der Waals surface area contributed by atoms with E-state index in [1.165, 1.54) is 11.1 Å². The zero-order valence-corrected chi connectivity index (χ0v) is 18.2. The van der Waals surface area contributed by atoms with E-state index in [9.17, 15) is 9.59 Å². The molecule has 0 aromatic heterocycles. The van der Waals surface area contributed by atoms with Crippen LogP contribution in [-0.4, -0.2) is 29.8 Å². The molecule has 0 saturated carbocycles. The molecule has 0 unspecified atom stereocenters. The maximum atomic E-state index is 12.6. The number of nitrogens with zero attached hydrogens (tertiary/aromatic N) is 1. The summed E-state index contributed by atoms with van der Waals surface area (Å²) in [6.07, 6.45) is 2.88. The first-order chi connectivity index (χ1) is 15.7. The molecule has 5 nitrogen and oxygen atoms in total. The van der Waals surface area contributed by atoms with Crippen LogP contribution in [0.4, 0.5) is 11.4 Å². The number of hydrogen-bond acceptors (Lipinski definition) is 3. The third-order valence-electron chi connectivity index (χ3n) is 5.95. The molecule has 3 aromatic carbocycles. The SMILES string of the molecule is O=C(Nc1ccc(NCc2ccccc2)cc1)C(=O)N1CCC(Cc2ccccc2)CC1. The molecule has 32 heavy (non-hydrogen) atoms. The van der Waals surface area contributed by atoms with Crippen molar-refractivity contribution in [3.63, 3.8) is 0 Å². The molecule has 4 rings (SSSR count). The summed E-state index contributed by atoms with van der Waals surface area (Å²) in [6.45, 7) is 1.99. The average Bonchev–Trinajstić information content (AvgIpc) is 2.85. The van der Waals surface area contributed by atoms with Crippen molar-refractivity contribution in [3.8, 4) is 0 Å². The summed E-state index contributed by atoms with van der Waals surface area (Å²) in [7, 11) is 0. The fourth-order valence-electron chi connectivity index (χ4n) is 4.09. The lowest BCUT2D eigenvalue weighted by Gasteiger charge is -2.31. The highest BCUT2D eigenvalue weighted by Gasteiger charge is 2.27. The number of carbonyl (C=O) groups is 2. The number of amides is 2. The number of likely N-dealkylation sites (tertiary alicyclic amines) is 1. The molecule has 3 aromatic rings. The molecular weight excluding hydrogens is 398 g/mol. The lowest BCUT2D eigenvalue weighted by atomic mass is 9.90. The van der Waals surface area contributed by atoms with Crippen molar-refractivity contribution in [3.05, 3.63) is 96.1 Å². The van der Waals surface area contributed by atoms with Crippen LogP contribution in [0.15, 0.2) is 84.9 Å². The number of nitrogens with one attached hydrogen (secondary N) is 2. The van der Waals surface area contributed by atoms with E-state index in [4.69, 9.17) is 0 Å². The Morgan fingerprint density at radius 1 is 0.750 bits per heavy atom.